The van der Waals surface area contributed by atoms with Crippen molar-refractivity contribution >= 4 is 22.7 Å². The largest absolute Gasteiger partial charge is 0.462 e. The number of nitrogens with one attached hydrogen (secondary N) is 2. The Labute approximate surface area is 147 Å². The predicted octanol–water partition coefficient (Wildman–Crippen LogP) is 4.01. The number of pyridine rings is 1. The van der Waals surface area contributed by atoms with E-state index in [1.165, 1.54) is 6.42 Å². The lowest BCUT2D eigenvalue weighted by molar-refractivity contribution is 0.0527. The van der Waals surface area contributed by atoms with Gasteiger partial charge in [0.15, 0.2) is 0 Å². The highest BCUT2D eigenvalue weighted by molar-refractivity contribution is 6.04. The zero-order chi connectivity index (χ0) is 17.6. The van der Waals surface area contributed by atoms with E-state index in [1.54, 1.807) is 13.1 Å². The molecule has 1 aliphatic rings. The van der Waals surface area contributed by atoms with E-state index in [0.717, 1.165) is 42.4 Å². The maximum Gasteiger partial charge on any atom is 0.341 e. The number of fused-ring (bicyclic) bond motifs is 1. The first kappa shape index (κ1) is 17.3. The minimum Gasteiger partial charge on any atom is -0.462 e. The number of carbonyl (C=O) groups excluding carboxylic acids is 1. The van der Waals surface area contributed by atoms with Crippen LogP contribution in [0.1, 0.15) is 55.8 Å². The maximum atomic E-state index is 12.3. The molecule has 1 fully saturated rings. The Bertz CT molecular complexity index is 777. The van der Waals surface area contributed by atoms with Crippen LogP contribution in [0, 0.1) is 17.2 Å². The lowest BCUT2D eigenvalue weighted by Crippen LogP contribution is -2.28. The summed E-state index contributed by atoms with van der Waals surface area (Å²) in [5.41, 5.74) is 2.04. The average molecular weight is 340 g/mol. The Hall–Kier alpha value is -2.55. The van der Waals surface area contributed by atoms with Gasteiger partial charge in [-0.05, 0) is 38.2 Å². The summed E-state index contributed by atoms with van der Waals surface area (Å²) >= 11 is 0. The van der Waals surface area contributed by atoms with Gasteiger partial charge in [-0.3, -0.25) is 0 Å². The van der Waals surface area contributed by atoms with Crippen LogP contribution in [0.3, 0.4) is 0 Å². The molecule has 2 aromatic heterocycles. The molecule has 6 nitrogen and oxygen atoms in total. The number of rotatable bonds is 6. The van der Waals surface area contributed by atoms with Gasteiger partial charge in [0.1, 0.15) is 11.2 Å². The molecule has 3 rings (SSSR count). The quantitative estimate of drug-likeness (QED) is 0.775. The van der Waals surface area contributed by atoms with Crippen LogP contribution in [0.4, 0.5) is 5.69 Å². The van der Waals surface area contributed by atoms with E-state index < -0.39 is 0 Å². The first-order valence-corrected chi connectivity index (χ1v) is 8.99. The third-order valence-corrected chi connectivity index (χ3v) is 4.88. The van der Waals surface area contributed by atoms with Gasteiger partial charge in [0.05, 0.1) is 18.4 Å². The Morgan fingerprint density at radius 1 is 1.52 bits per heavy atom. The number of aromatic amines is 1. The van der Waals surface area contributed by atoms with Gasteiger partial charge in [0.25, 0.3) is 0 Å². The van der Waals surface area contributed by atoms with Crippen LogP contribution < -0.4 is 5.32 Å². The zero-order valence-corrected chi connectivity index (χ0v) is 14.5. The molecule has 25 heavy (non-hydrogen) atoms. The molecule has 0 aliphatic heterocycles. The van der Waals surface area contributed by atoms with Gasteiger partial charge in [0, 0.05) is 30.2 Å². The third kappa shape index (κ3) is 3.93. The molecule has 2 heterocycles. The molecular formula is C19H24N4O2. The Balaban J connectivity index is 1.84. The molecule has 0 radical (unpaired) electrons. The normalized spacial score (nSPS) is 20.2. The van der Waals surface area contributed by atoms with Gasteiger partial charge in [-0.15, -0.1) is 0 Å². The molecule has 0 saturated heterocycles. The summed E-state index contributed by atoms with van der Waals surface area (Å²) in [5.74, 6) is 0.220. The third-order valence-electron chi connectivity index (χ3n) is 4.88. The van der Waals surface area contributed by atoms with Gasteiger partial charge in [-0.2, -0.15) is 5.26 Å². The SMILES string of the molecule is CCOC(=O)c1cnc2[nH]ccc2c1NC1CCCC(CCC#N)C1. The van der Waals surface area contributed by atoms with Crippen LogP contribution >= 0.6 is 0 Å². The lowest BCUT2D eigenvalue weighted by atomic mass is 9.83. The standard InChI is InChI=1S/C19H24N4O2/c1-2-25-19(24)16-12-22-18-15(8-10-21-18)17(16)23-14-7-3-5-13(11-14)6-4-9-20/h8,10,12-14H,2-7,11H2,1H3,(H2,21,22,23). The molecule has 2 aromatic rings. The summed E-state index contributed by atoms with van der Waals surface area (Å²) in [6, 6.07) is 4.48. The fraction of sp³-hybridized carbons (Fsp3) is 0.526. The number of hydrogen-bond donors (Lipinski definition) is 2. The van der Waals surface area contributed by atoms with E-state index in [9.17, 15) is 4.79 Å². The van der Waals surface area contributed by atoms with Gasteiger partial charge < -0.3 is 15.0 Å². The number of anilines is 1. The number of H-pyrrole nitrogens is 1. The summed E-state index contributed by atoms with van der Waals surface area (Å²) in [6.07, 6.45) is 9.39. The highest BCUT2D eigenvalue weighted by Crippen LogP contribution is 2.33. The fourth-order valence-electron chi connectivity index (χ4n) is 3.68. The Kier molecular flexibility index (Phi) is 5.54. The maximum absolute atomic E-state index is 12.3. The van der Waals surface area contributed by atoms with E-state index in [-0.39, 0.29) is 5.97 Å². The van der Waals surface area contributed by atoms with Crippen molar-refractivity contribution in [1.29, 1.82) is 5.26 Å². The van der Waals surface area contributed by atoms with Crippen LogP contribution in [0.15, 0.2) is 18.5 Å². The summed E-state index contributed by atoms with van der Waals surface area (Å²) in [5, 5.41) is 13.3. The second-order valence-corrected chi connectivity index (χ2v) is 6.58. The lowest BCUT2D eigenvalue weighted by Gasteiger charge is -2.30. The highest BCUT2D eigenvalue weighted by atomic mass is 16.5. The van der Waals surface area contributed by atoms with Gasteiger partial charge >= 0.3 is 5.97 Å². The van der Waals surface area contributed by atoms with E-state index in [2.05, 4.69) is 21.4 Å². The summed E-state index contributed by atoms with van der Waals surface area (Å²) in [7, 11) is 0. The second kappa shape index (κ2) is 8.02. The molecule has 6 heteroatoms. The molecule has 1 saturated carbocycles. The first-order valence-electron chi connectivity index (χ1n) is 8.99. The predicted molar refractivity (Wildman–Crippen MR) is 96.3 cm³/mol. The number of hydrogen-bond acceptors (Lipinski definition) is 5. The van der Waals surface area contributed by atoms with Crippen molar-refractivity contribution in [2.75, 3.05) is 11.9 Å². The smallest absolute Gasteiger partial charge is 0.341 e. The number of aromatic nitrogens is 2. The minimum absolute atomic E-state index is 0.297. The van der Waals surface area contributed by atoms with Crippen molar-refractivity contribution in [2.45, 2.75) is 51.5 Å². The van der Waals surface area contributed by atoms with Crippen LogP contribution in [0.2, 0.25) is 0 Å². The van der Waals surface area contributed by atoms with Gasteiger partial charge in [-0.25, -0.2) is 9.78 Å². The van der Waals surface area contributed by atoms with Gasteiger partial charge in [0.2, 0.25) is 0 Å². The number of esters is 1. The van der Waals surface area contributed by atoms with E-state index in [0.29, 0.717) is 30.6 Å². The molecule has 1 aliphatic carbocycles. The van der Waals surface area contributed by atoms with E-state index in [1.807, 2.05) is 12.3 Å². The monoisotopic (exact) mass is 340 g/mol. The van der Waals surface area contributed by atoms with E-state index in [4.69, 9.17) is 10.00 Å². The number of nitriles is 1. The summed E-state index contributed by atoms with van der Waals surface area (Å²) < 4.78 is 5.19. The van der Waals surface area contributed by atoms with Gasteiger partial charge in [-0.1, -0.05) is 12.8 Å². The van der Waals surface area contributed by atoms with Crippen LogP contribution in [-0.2, 0) is 4.74 Å². The van der Waals surface area contributed by atoms with Crippen molar-refractivity contribution in [3.8, 4) is 6.07 Å². The molecule has 2 N–H and O–H groups in total. The van der Waals surface area contributed by atoms with Crippen molar-refractivity contribution in [1.82, 2.24) is 9.97 Å². The molecule has 2 atom stereocenters. The average Bonchev–Trinajstić information content (AvgIpc) is 3.10. The number of ether oxygens (including phenoxy) is 1. The van der Waals surface area contributed by atoms with Crippen LogP contribution in [-0.4, -0.2) is 28.6 Å². The van der Waals surface area contributed by atoms with Crippen molar-refractivity contribution < 1.29 is 9.53 Å². The topological polar surface area (TPSA) is 90.8 Å². The molecule has 132 valence electrons. The number of nitrogens with zero attached hydrogens (tertiary/aromatic N) is 2. The van der Waals surface area contributed by atoms with Crippen molar-refractivity contribution in [3.05, 3.63) is 24.0 Å². The summed E-state index contributed by atoms with van der Waals surface area (Å²) in [6.45, 7) is 2.14. The Morgan fingerprint density at radius 3 is 3.20 bits per heavy atom. The minimum atomic E-state index is -0.350. The Morgan fingerprint density at radius 2 is 2.40 bits per heavy atom. The molecule has 0 aromatic carbocycles. The molecular weight excluding hydrogens is 316 g/mol. The number of carbonyl (C=O) groups is 1. The fourth-order valence-corrected chi connectivity index (χ4v) is 3.68. The van der Waals surface area contributed by atoms with Crippen molar-refractivity contribution in [3.63, 3.8) is 0 Å². The molecule has 2 unspecified atom stereocenters. The summed E-state index contributed by atoms with van der Waals surface area (Å²) in [4.78, 5) is 19.7. The van der Waals surface area contributed by atoms with Crippen LogP contribution in [0.25, 0.3) is 11.0 Å². The molecule has 0 spiro atoms. The van der Waals surface area contributed by atoms with Crippen LogP contribution in [0.5, 0.6) is 0 Å². The second-order valence-electron chi connectivity index (χ2n) is 6.58. The van der Waals surface area contributed by atoms with E-state index >= 15 is 0 Å². The van der Waals surface area contributed by atoms with Crippen molar-refractivity contribution in [2.24, 2.45) is 5.92 Å². The zero-order valence-electron chi connectivity index (χ0n) is 14.5. The molecule has 0 bridgehead atoms. The highest BCUT2D eigenvalue weighted by Gasteiger charge is 2.25. The first-order chi connectivity index (χ1) is 12.2. The molecule has 0 amide bonds.